The van der Waals surface area contributed by atoms with Crippen molar-refractivity contribution >= 4 is 23.4 Å². The van der Waals surface area contributed by atoms with Crippen LogP contribution in [0, 0.1) is 46.3 Å². The Labute approximate surface area is 223 Å². The largest absolute Gasteiger partial charge is 0.469 e. The van der Waals surface area contributed by atoms with E-state index in [0.717, 1.165) is 6.42 Å². The second kappa shape index (κ2) is 16.3. The minimum absolute atomic E-state index is 0.0884. The molecule has 0 bridgehead atoms. The molecule has 0 amide bonds. The number of carbonyl (C=O) groups is 2. The van der Waals surface area contributed by atoms with Crippen molar-refractivity contribution < 1.29 is 14.3 Å². The highest BCUT2D eigenvalue weighted by atomic mass is 35.5. The van der Waals surface area contributed by atoms with Gasteiger partial charge < -0.3 is 4.74 Å². The molecule has 0 aromatic carbocycles. The molecule has 0 heterocycles. The molecule has 0 N–H and O–H groups in total. The Balaban J connectivity index is 0.00000132. The third-order valence-electron chi connectivity index (χ3n) is 9.86. The van der Waals surface area contributed by atoms with Crippen molar-refractivity contribution in [3.8, 4) is 0 Å². The summed E-state index contributed by atoms with van der Waals surface area (Å²) in [5.41, 5.74) is 0.621. The van der Waals surface area contributed by atoms with Crippen molar-refractivity contribution in [3.63, 3.8) is 0 Å². The van der Waals surface area contributed by atoms with Crippen LogP contribution in [0.4, 0.5) is 0 Å². The minimum atomic E-state index is -0.0884. The van der Waals surface area contributed by atoms with Gasteiger partial charge in [0.1, 0.15) is 5.78 Å². The molecule has 0 saturated heterocycles. The average molecular weight is 515 g/mol. The number of esters is 1. The molecule has 4 aliphatic carbocycles. The van der Waals surface area contributed by atoms with Gasteiger partial charge in [0, 0.05) is 25.1 Å². The molecule has 8 atom stereocenters. The minimum Gasteiger partial charge on any atom is -0.469 e. The van der Waals surface area contributed by atoms with Crippen molar-refractivity contribution in [2.45, 2.75) is 127 Å². The van der Waals surface area contributed by atoms with Gasteiger partial charge >= 0.3 is 5.97 Å². The number of halogens is 1. The van der Waals surface area contributed by atoms with Crippen molar-refractivity contribution in [2.24, 2.45) is 46.3 Å². The third-order valence-corrected chi connectivity index (χ3v) is 9.86. The fourth-order valence-electron chi connectivity index (χ4n) is 8.43. The van der Waals surface area contributed by atoms with E-state index < -0.39 is 0 Å². The number of hydrogen-bond acceptors (Lipinski definition) is 3. The van der Waals surface area contributed by atoms with Gasteiger partial charge in [0.25, 0.3) is 0 Å². The summed E-state index contributed by atoms with van der Waals surface area (Å²) in [6.07, 6.45) is 12.9. The molecule has 4 heteroatoms. The van der Waals surface area contributed by atoms with E-state index in [-0.39, 0.29) is 11.4 Å². The summed E-state index contributed by atoms with van der Waals surface area (Å²) in [6, 6.07) is 0. The average Bonchev–Trinajstić information content (AvgIpc) is 3.26. The van der Waals surface area contributed by atoms with Gasteiger partial charge in [-0.15, -0.1) is 11.6 Å². The monoisotopic (exact) mass is 514 g/mol. The van der Waals surface area contributed by atoms with Crippen LogP contribution >= 0.6 is 11.6 Å². The van der Waals surface area contributed by atoms with E-state index in [4.69, 9.17) is 4.74 Å². The Bertz CT molecular complexity index is 620. The first kappa shape index (κ1) is 34.4. The summed E-state index contributed by atoms with van der Waals surface area (Å²) >= 11 is 4.64. The maximum atomic E-state index is 13.3. The predicted molar refractivity (Wildman–Crippen MR) is 152 cm³/mol. The van der Waals surface area contributed by atoms with Gasteiger partial charge in [0.05, 0.1) is 7.11 Å². The summed E-state index contributed by atoms with van der Waals surface area (Å²) < 4.78 is 4.93. The topological polar surface area (TPSA) is 43.4 Å². The van der Waals surface area contributed by atoms with Gasteiger partial charge in [-0.3, -0.25) is 9.59 Å². The Morgan fingerprint density at radius 2 is 1.49 bits per heavy atom. The zero-order valence-corrected chi connectivity index (χ0v) is 25.9. The number of carbonyl (C=O) groups excluding carboxylic acids is 2. The van der Waals surface area contributed by atoms with Crippen LogP contribution in [0.15, 0.2) is 0 Å². The van der Waals surface area contributed by atoms with E-state index in [9.17, 15) is 9.59 Å². The molecule has 4 aliphatic rings. The maximum absolute atomic E-state index is 13.3. The number of methoxy groups -OCH3 is 1. The lowest BCUT2D eigenvalue weighted by Gasteiger charge is -2.60. The summed E-state index contributed by atoms with van der Waals surface area (Å²) in [7, 11) is 1.49. The van der Waals surface area contributed by atoms with Gasteiger partial charge in [0.15, 0.2) is 0 Å². The number of fused-ring (bicyclic) bond motifs is 5. The molecule has 0 aromatic rings. The SMILES string of the molecule is CC.CC.CC.CCl.COC(=O)C[C@@H](C)C1CCC2C3C(=O)CC4CCCCC4(C)C3CCC21C. The standard InChI is InChI=1S/C24H38O3.3C2H6.CH3Cl/c1-15(13-21(26)27-4)17-8-9-18-22-19(10-12-24(17,18)3)23(2)11-6-5-7-16(23)14-20(22)25;4*1-2/h15-19,22H,5-14H2,1-4H3;3*1-2H3;1H3/t15-,16?,17?,18?,19?,22?,23?,24?;;;;/m1..../s1. The van der Waals surface area contributed by atoms with Crippen LogP contribution in [0.5, 0.6) is 0 Å². The van der Waals surface area contributed by atoms with Crippen LogP contribution in [-0.4, -0.2) is 25.2 Å². The van der Waals surface area contributed by atoms with E-state index in [1.807, 2.05) is 41.5 Å². The Morgan fingerprint density at radius 3 is 2.06 bits per heavy atom. The Hall–Kier alpha value is -0.570. The summed E-state index contributed by atoms with van der Waals surface area (Å²) in [5.74, 6) is 3.47. The lowest BCUT2D eigenvalue weighted by atomic mass is 9.44. The fourth-order valence-corrected chi connectivity index (χ4v) is 8.43. The zero-order valence-electron chi connectivity index (χ0n) is 25.1. The number of hydrogen-bond donors (Lipinski definition) is 0. The highest BCUT2D eigenvalue weighted by Gasteiger charge is 2.62. The first-order valence-corrected chi connectivity index (χ1v) is 15.5. The maximum Gasteiger partial charge on any atom is 0.305 e. The lowest BCUT2D eigenvalue weighted by Crippen LogP contribution is -2.56. The van der Waals surface area contributed by atoms with Crippen LogP contribution in [0.3, 0.4) is 0 Å². The molecule has 0 aromatic heterocycles. The first-order chi connectivity index (χ1) is 16.8. The molecule has 4 saturated carbocycles. The van der Waals surface area contributed by atoms with Crippen LogP contribution in [-0.2, 0) is 14.3 Å². The predicted octanol–water partition coefficient (Wildman–Crippen LogP) is 9.35. The number of Topliss-reactive ketones (excluding diaryl/α,β-unsaturated/α-hetero) is 1. The molecule has 0 radical (unpaired) electrons. The number of ketones is 1. The second-order valence-electron chi connectivity index (χ2n) is 10.8. The van der Waals surface area contributed by atoms with Crippen molar-refractivity contribution in [2.75, 3.05) is 13.5 Å². The van der Waals surface area contributed by atoms with E-state index in [0.29, 0.717) is 53.1 Å². The molecule has 208 valence electrons. The van der Waals surface area contributed by atoms with Crippen LogP contribution < -0.4 is 0 Å². The number of alkyl halides is 1. The number of ether oxygens (including phenoxy) is 1. The molecule has 35 heavy (non-hydrogen) atoms. The first-order valence-electron chi connectivity index (χ1n) is 14.8. The third kappa shape index (κ3) is 7.05. The fraction of sp³-hybridized carbons (Fsp3) is 0.935. The highest BCUT2D eigenvalue weighted by Crippen LogP contribution is 2.67. The zero-order chi connectivity index (χ0) is 27.4. The van der Waals surface area contributed by atoms with E-state index in [1.54, 1.807) is 0 Å². The van der Waals surface area contributed by atoms with Crippen LogP contribution in [0.2, 0.25) is 0 Å². The highest BCUT2D eigenvalue weighted by molar-refractivity contribution is 6.15. The molecule has 7 unspecified atom stereocenters. The van der Waals surface area contributed by atoms with Gasteiger partial charge in [0.2, 0.25) is 0 Å². The van der Waals surface area contributed by atoms with E-state index in [1.165, 1.54) is 64.9 Å². The van der Waals surface area contributed by atoms with Gasteiger partial charge in [-0.1, -0.05) is 75.2 Å². The van der Waals surface area contributed by atoms with Gasteiger partial charge in [-0.05, 0) is 78.9 Å². The van der Waals surface area contributed by atoms with E-state index >= 15 is 0 Å². The van der Waals surface area contributed by atoms with Crippen molar-refractivity contribution in [1.29, 1.82) is 0 Å². The number of rotatable bonds is 3. The molecule has 4 fully saturated rings. The normalized spacial score (nSPS) is 37.4. The molecule has 4 rings (SSSR count). The molecular formula is C31H59ClO3. The second-order valence-corrected chi connectivity index (χ2v) is 10.8. The van der Waals surface area contributed by atoms with Crippen molar-refractivity contribution in [3.05, 3.63) is 0 Å². The molecular weight excluding hydrogens is 456 g/mol. The van der Waals surface area contributed by atoms with Crippen molar-refractivity contribution in [1.82, 2.24) is 0 Å². The smallest absolute Gasteiger partial charge is 0.305 e. The summed E-state index contributed by atoms with van der Waals surface area (Å²) in [5, 5.41) is 0. The summed E-state index contributed by atoms with van der Waals surface area (Å²) in [4.78, 5) is 25.2. The quantitative estimate of drug-likeness (QED) is 0.278. The molecule has 0 spiro atoms. The molecule has 3 nitrogen and oxygen atoms in total. The lowest BCUT2D eigenvalue weighted by molar-refractivity contribution is -0.157. The van der Waals surface area contributed by atoms with Gasteiger partial charge in [-0.2, -0.15) is 0 Å². The Morgan fingerprint density at radius 1 is 0.914 bits per heavy atom. The Kier molecular flexibility index (Phi) is 16.0. The van der Waals surface area contributed by atoms with Gasteiger partial charge in [-0.25, -0.2) is 0 Å². The van der Waals surface area contributed by atoms with Crippen LogP contribution in [0.25, 0.3) is 0 Å². The van der Waals surface area contributed by atoms with E-state index in [2.05, 4.69) is 32.4 Å². The van der Waals surface area contributed by atoms with Crippen LogP contribution in [0.1, 0.15) is 127 Å². The molecule has 0 aliphatic heterocycles. The summed E-state index contributed by atoms with van der Waals surface area (Å²) in [6.45, 7) is 19.2.